The monoisotopic (exact) mass is 416 g/mol. The molecule has 0 fully saturated rings. The molecule has 0 bridgehead atoms. The van der Waals surface area contributed by atoms with Crippen LogP contribution in [0.1, 0.15) is 97.6 Å². The molecule has 0 radical (unpaired) electrons. The third-order valence-electron chi connectivity index (χ3n) is 4.86. The Labute approximate surface area is 180 Å². The van der Waals surface area contributed by atoms with Gasteiger partial charge in [0.2, 0.25) is 0 Å². The highest BCUT2D eigenvalue weighted by molar-refractivity contribution is 5.92. The second-order valence-corrected chi connectivity index (χ2v) is 7.44. The molecule has 0 saturated heterocycles. The summed E-state index contributed by atoms with van der Waals surface area (Å²) in [4.78, 5) is 33.7. The molecule has 1 heterocycles. The van der Waals surface area contributed by atoms with E-state index in [1.54, 1.807) is 26.0 Å². The van der Waals surface area contributed by atoms with E-state index in [9.17, 15) is 9.59 Å². The van der Waals surface area contributed by atoms with Gasteiger partial charge in [0.1, 0.15) is 12.2 Å². The van der Waals surface area contributed by atoms with Crippen LogP contribution in [0.4, 0.5) is 0 Å². The van der Waals surface area contributed by atoms with Gasteiger partial charge in [0.05, 0.1) is 11.4 Å². The van der Waals surface area contributed by atoms with E-state index in [1.807, 2.05) is 0 Å². The standard InChI is InChI=1S/C24H36N2O4/c1-7-11-13-15-19(9-3)29-23(27)21-17(5)26-22(18(6)25-21)24(28)30-20(10-4)16-14-12-8-2/h9-10,19-20H,3-4,7-8,11-16H2,1-2,5-6H3. The van der Waals surface area contributed by atoms with Crippen molar-refractivity contribution in [3.8, 4) is 0 Å². The fourth-order valence-electron chi connectivity index (χ4n) is 3.02. The maximum atomic E-state index is 12.6. The van der Waals surface area contributed by atoms with Crippen molar-refractivity contribution in [2.75, 3.05) is 0 Å². The molecule has 0 aliphatic rings. The van der Waals surface area contributed by atoms with Gasteiger partial charge < -0.3 is 9.47 Å². The number of aryl methyl sites for hydroxylation is 2. The Morgan fingerprint density at radius 2 is 1.17 bits per heavy atom. The molecule has 1 aromatic rings. The lowest BCUT2D eigenvalue weighted by Crippen LogP contribution is -2.22. The minimum absolute atomic E-state index is 0.106. The normalized spacial score (nSPS) is 12.7. The smallest absolute Gasteiger partial charge is 0.359 e. The first kappa shape index (κ1) is 25.5. The van der Waals surface area contributed by atoms with Gasteiger partial charge in [0.25, 0.3) is 0 Å². The van der Waals surface area contributed by atoms with Crippen molar-refractivity contribution in [1.29, 1.82) is 0 Å². The van der Waals surface area contributed by atoms with Gasteiger partial charge in [0.15, 0.2) is 11.4 Å². The van der Waals surface area contributed by atoms with Gasteiger partial charge in [-0.25, -0.2) is 19.6 Å². The van der Waals surface area contributed by atoms with E-state index in [0.29, 0.717) is 11.4 Å². The van der Waals surface area contributed by atoms with Crippen LogP contribution in [0.15, 0.2) is 25.3 Å². The largest absolute Gasteiger partial charge is 0.453 e. The molecule has 0 amide bonds. The minimum atomic E-state index is -0.562. The lowest BCUT2D eigenvalue weighted by Gasteiger charge is -2.16. The van der Waals surface area contributed by atoms with Gasteiger partial charge in [-0.2, -0.15) is 0 Å². The van der Waals surface area contributed by atoms with Crippen molar-refractivity contribution < 1.29 is 19.1 Å². The van der Waals surface area contributed by atoms with Crippen LogP contribution in [0.5, 0.6) is 0 Å². The van der Waals surface area contributed by atoms with E-state index in [4.69, 9.17) is 9.47 Å². The van der Waals surface area contributed by atoms with Crippen LogP contribution in [0.2, 0.25) is 0 Å². The van der Waals surface area contributed by atoms with Crippen LogP contribution < -0.4 is 0 Å². The first-order valence-electron chi connectivity index (χ1n) is 10.9. The van der Waals surface area contributed by atoms with Crippen LogP contribution >= 0.6 is 0 Å². The number of carbonyl (C=O) groups excluding carboxylic acids is 2. The average Bonchev–Trinajstić information content (AvgIpc) is 2.73. The number of hydrogen-bond donors (Lipinski definition) is 0. The number of esters is 2. The third-order valence-corrected chi connectivity index (χ3v) is 4.86. The molecule has 166 valence electrons. The maximum absolute atomic E-state index is 12.6. The van der Waals surface area contributed by atoms with E-state index in [1.165, 1.54) is 0 Å². The number of ether oxygens (including phenoxy) is 2. The summed E-state index contributed by atoms with van der Waals surface area (Å²) in [5.74, 6) is -1.12. The fraction of sp³-hybridized carbons (Fsp3) is 0.583. The maximum Gasteiger partial charge on any atom is 0.359 e. The molecule has 0 saturated carbocycles. The first-order chi connectivity index (χ1) is 14.4. The van der Waals surface area contributed by atoms with Crippen LogP contribution in [0.25, 0.3) is 0 Å². The Kier molecular flexibility index (Phi) is 11.6. The summed E-state index contributed by atoms with van der Waals surface area (Å²) in [6.45, 7) is 15.0. The fourth-order valence-corrected chi connectivity index (χ4v) is 3.02. The molecule has 0 spiro atoms. The molecule has 0 aliphatic heterocycles. The van der Waals surface area contributed by atoms with Gasteiger partial charge in [-0.1, -0.05) is 64.8 Å². The molecule has 0 N–H and O–H groups in total. The summed E-state index contributed by atoms with van der Waals surface area (Å²) in [5, 5.41) is 0. The summed E-state index contributed by atoms with van der Waals surface area (Å²) in [6.07, 6.45) is 10.2. The predicted octanol–water partition coefficient (Wildman–Crippen LogP) is 5.68. The average molecular weight is 417 g/mol. The molecule has 0 aliphatic carbocycles. The lowest BCUT2D eigenvalue weighted by molar-refractivity contribution is 0.0348. The van der Waals surface area contributed by atoms with Gasteiger partial charge in [0, 0.05) is 0 Å². The third kappa shape index (κ3) is 8.09. The number of hydrogen-bond acceptors (Lipinski definition) is 6. The zero-order valence-electron chi connectivity index (χ0n) is 18.9. The van der Waals surface area contributed by atoms with Crippen LogP contribution in [-0.2, 0) is 9.47 Å². The SMILES string of the molecule is C=CC(CCCCC)OC(=O)c1nc(C)c(C(=O)OC(C=C)CCCCC)nc1C. The molecule has 1 aromatic heterocycles. The molecule has 1 rings (SSSR count). The summed E-state index contributed by atoms with van der Waals surface area (Å²) in [5.41, 5.74) is 0.870. The quantitative estimate of drug-likeness (QED) is 0.221. The molecule has 2 unspecified atom stereocenters. The summed E-state index contributed by atoms with van der Waals surface area (Å²) >= 11 is 0. The highest BCUT2D eigenvalue weighted by atomic mass is 16.5. The van der Waals surface area contributed by atoms with Crippen molar-refractivity contribution in [1.82, 2.24) is 9.97 Å². The van der Waals surface area contributed by atoms with E-state index < -0.39 is 11.9 Å². The Hall–Kier alpha value is -2.50. The predicted molar refractivity (Wildman–Crippen MR) is 119 cm³/mol. The highest BCUT2D eigenvalue weighted by Crippen LogP contribution is 2.16. The second-order valence-electron chi connectivity index (χ2n) is 7.44. The van der Waals surface area contributed by atoms with Crippen molar-refractivity contribution in [2.24, 2.45) is 0 Å². The van der Waals surface area contributed by atoms with E-state index in [-0.39, 0.29) is 23.6 Å². The molecular weight excluding hydrogens is 380 g/mol. The number of unbranched alkanes of at least 4 members (excludes halogenated alkanes) is 4. The van der Waals surface area contributed by atoms with E-state index >= 15 is 0 Å². The summed E-state index contributed by atoms with van der Waals surface area (Å²) < 4.78 is 11.0. The van der Waals surface area contributed by atoms with Crippen molar-refractivity contribution >= 4 is 11.9 Å². The molecule has 2 atom stereocenters. The van der Waals surface area contributed by atoms with Gasteiger partial charge in [-0.3, -0.25) is 0 Å². The number of carbonyl (C=O) groups is 2. The van der Waals surface area contributed by atoms with Crippen LogP contribution in [0.3, 0.4) is 0 Å². The molecule has 0 aromatic carbocycles. The van der Waals surface area contributed by atoms with Gasteiger partial charge in [-0.15, -0.1) is 0 Å². The second kappa shape index (κ2) is 13.7. The van der Waals surface area contributed by atoms with Gasteiger partial charge >= 0.3 is 11.9 Å². The van der Waals surface area contributed by atoms with E-state index in [0.717, 1.165) is 51.4 Å². The molecule has 6 nitrogen and oxygen atoms in total. The Bertz CT molecular complexity index is 668. The zero-order chi connectivity index (χ0) is 22.5. The van der Waals surface area contributed by atoms with Crippen LogP contribution in [-0.4, -0.2) is 34.1 Å². The Balaban J connectivity index is 2.86. The zero-order valence-corrected chi connectivity index (χ0v) is 18.9. The Morgan fingerprint density at radius 3 is 1.47 bits per heavy atom. The Morgan fingerprint density at radius 1 is 0.800 bits per heavy atom. The van der Waals surface area contributed by atoms with Crippen molar-refractivity contribution in [3.63, 3.8) is 0 Å². The first-order valence-corrected chi connectivity index (χ1v) is 10.9. The van der Waals surface area contributed by atoms with E-state index in [2.05, 4.69) is 37.0 Å². The number of aromatic nitrogens is 2. The lowest BCUT2D eigenvalue weighted by atomic mass is 10.1. The van der Waals surface area contributed by atoms with Crippen LogP contribution in [0, 0.1) is 13.8 Å². The topological polar surface area (TPSA) is 78.4 Å². The summed E-state index contributed by atoms with van der Waals surface area (Å²) in [6, 6.07) is 0. The molecule has 30 heavy (non-hydrogen) atoms. The van der Waals surface area contributed by atoms with Crippen molar-refractivity contribution in [3.05, 3.63) is 48.1 Å². The van der Waals surface area contributed by atoms with Gasteiger partial charge in [-0.05, 0) is 39.5 Å². The molecule has 6 heteroatoms. The highest BCUT2D eigenvalue weighted by Gasteiger charge is 2.23. The molecular formula is C24H36N2O4. The number of rotatable bonds is 14. The number of nitrogens with zero attached hydrogens (tertiary/aromatic N) is 2. The summed E-state index contributed by atoms with van der Waals surface area (Å²) in [7, 11) is 0. The minimum Gasteiger partial charge on any atom is -0.453 e. The van der Waals surface area contributed by atoms with Crippen molar-refractivity contribution in [2.45, 2.75) is 91.3 Å².